The highest BCUT2D eigenvalue weighted by Crippen LogP contribution is 2.20. The molecule has 0 bridgehead atoms. The van der Waals surface area contributed by atoms with Crippen LogP contribution < -0.4 is 10.6 Å². The van der Waals surface area contributed by atoms with Gasteiger partial charge in [0.1, 0.15) is 0 Å². The molecule has 0 spiro atoms. The van der Waals surface area contributed by atoms with Crippen LogP contribution in [0.2, 0.25) is 0 Å². The molecule has 2 rings (SSSR count). The molecule has 20 heavy (non-hydrogen) atoms. The molecule has 1 aliphatic rings. The zero-order valence-corrected chi connectivity index (χ0v) is 12.8. The first kappa shape index (κ1) is 15.0. The van der Waals surface area contributed by atoms with E-state index in [1.165, 1.54) is 29.5 Å². The van der Waals surface area contributed by atoms with Gasteiger partial charge in [0.15, 0.2) is 0 Å². The molecule has 2 N–H and O–H groups in total. The molecule has 0 saturated carbocycles. The molecule has 0 radical (unpaired) electrons. The van der Waals surface area contributed by atoms with Crippen molar-refractivity contribution in [2.45, 2.75) is 46.1 Å². The van der Waals surface area contributed by atoms with Gasteiger partial charge in [0.25, 0.3) is 0 Å². The van der Waals surface area contributed by atoms with Crippen molar-refractivity contribution < 1.29 is 4.79 Å². The number of aryl methyl sites for hydroxylation is 2. The third-order valence-corrected chi connectivity index (χ3v) is 4.14. The smallest absolute Gasteiger partial charge is 0.220 e. The molecular weight excluding hydrogens is 248 g/mol. The number of rotatable bonds is 4. The van der Waals surface area contributed by atoms with Gasteiger partial charge in [-0.3, -0.25) is 4.79 Å². The Morgan fingerprint density at radius 3 is 2.90 bits per heavy atom. The van der Waals surface area contributed by atoms with E-state index in [1.54, 1.807) is 0 Å². The number of nitrogens with one attached hydrogen (secondary N) is 2. The van der Waals surface area contributed by atoms with Gasteiger partial charge < -0.3 is 10.6 Å². The summed E-state index contributed by atoms with van der Waals surface area (Å²) in [6.07, 6.45) is 2.99. The summed E-state index contributed by atoms with van der Waals surface area (Å²) in [5.41, 5.74) is 3.72. The maximum absolute atomic E-state index is 12.1. The van der Waals surface area contributed by atoms with Gasteiger partial charge in [0.05, 0.1) is 6.04 Å². The SMILES string of the molecule is Cc1ccc(C(C)NC(=O)CC2CCCNC2)c(C)c1. The monoisotopic (exact) mass is 274 g/mol. The molecule has 110 valence electrons. The number of carbonyl (C=O) groups excluding carboxylic acids is 1. The summed E-state index contributed by atoms with van der Waals surface area (Å²) in [5, 5.41) is 6.50. The molecule has 0 aliphatic carbocycles. The van der Waals surface area contributed by atoms with E-state index >= 15 is 0 Å². The lowest BCUT2D eigenvalue weighted by Crippen LogP contribution is -2.35. The second-order valence-electron chi connectivity index (χ2n) is 6.07. The topological polar surface area (TPSA) is 41.1 Å². The van der Waals surface area contributed by atoms with Crippen molar-refractivity contribution in [3.63, 3.8) is 0 Å². The maximum Gasteiger partial charge on any atom is 0.220 e. The molecule has 2 atom stereocenters. The molecule has 1 amide bonds. The van der Waals surface area contributed by atoms with E-state index in [0.29, 0.717) is 12.3 Å². The lowest BCUT2D eigenvalue weighted by molar-refractivity contribution is -0.122. The molecule has 1 aromatic rings. The van der Waals surface area contributed by atoms with Crippen molar-refractivity contribution in [3.05, 3.63) is 34.9 Å². The minimum Gasteiger partial charge on any atom is -0.350 e. The van der Waals surface area contributed by atoms with Gasteiger partial charge in [-0.05, 0) is 63.7 Å². The molecule has 1 aliphatic heterocycles. The van der Waals surface area contributed by atoms with Crippen LogP contribution in [0, 0.1) is 19.8 Å². The van der Waals surface area contributed by atoms with Crippen LogP contribution in [0.3, 0.4) is 0 Å². The average molecular weight is 274 g/mol. The highest BCUT2D eigenvalue weighted by molar-refractivity contribution is 5.76. The highest BCUT2D eigenvalue weighted by atomic mass is 16.1. The first-order valence-corrected chi connectivity index (χ1v) is 7.63. The molecule has 1 heterocycles. The van der Waals surface area contributed by atoms with Gasteiger partial charge in [0, 0.05) is 6.42 Å². The van der Waals surface area contributed by atoms with E-state index in [4.69, 9.17) is 0 Å². The van der Waals surface area contributed by atoms with Crippen LogP contribution in [-0.4, -0.2) is 19.0 Å². The predicted octanol–water partition coefficient (Wildman–Crippen LogP) is 2.87. The Morgan fingerprint density at radius 2 is 2.25 bits per heavy atom. The van der Waals surface area contributed by atoms with Crippen molar-refractivity contribution in [2.75, 3.05) is 13.1 Å². The first-order valence-electron chi connectivity index (χ1n) is 7.63. The number of benzene rings is 1. The molecular formula is C17H26N2O. The summed E-state index contributed by atoms with van der Waals surface area (Å²) in [5.74, 6) is 0.668. The Hall–Kier alpha value is -1.35. The summed E-state index contributed by atoms with van der Waals surface area (Å²) < 4.78 is 0. The summed E-state index contributed by atoms with van der Waals surface area (Å²) in [7, 11) is 0. The minimum absolute atomic E-state index is 0.0830. The van der Waals surface area contributed by atoms with Gasteiger partial charge in [-0.15, -0.1) is 0 Å². The van der Waals surface area contributed by atoms with Crippen LogP contribution in [0.25, 0.3) is 0 Å². The summed E-state index contributed by atoms with van der Waals surface area (Å²) in [4.78, 5) is 12.1. The number of piperidine rings is 1. The van der Waals surface area contributed by atoms with Gasteiger partial charge in [-0.25, -0.2) is 0 Å². The highest BCUT2D eigenvalue weighted by Gasteiger charge is 2.18. The maximum atomic E-state index is 12.1. The van der Waals surface area contributed by atoms with Crippen molar-refractivity contribution >= 4 is 5.91 Å². The van der Waals surface area contributed by atoms with Gasteiger partial charge in [-0.1, -0.05) is 23.8 Å². The number of hydrogen-bond acceptors (Lipinski definition) is 2. The van der Waals surface area contributed by atoms with E-state index in [9.17, 15) is 4.79 Å². The average Bonchev–Trinajstić information content (AvgIpc) is 2.39. The molecule has 1 fully saturated rings. The molecule has 1 saturated heterocycles. The number of amides is 1. The van der Waals surface area contributed by atoms with E-state index < -0.39 is 0 Å². The Bertz CT molecular complexity index is 464. The predicted molar refractivity (Wildman–Crippen MR) is 82.7 cm³/mol. The quantitative estimate of drug-likeness (QED) is 0.886. The van der Waals surface area contributed by atoms with Crippen molar-refractivity contribution in [3.8, 4) is 0 Å². The normalized spacial score (nSPS) is 20.4. The fourth-order valence-electron chi connectivity index (χ4n) is 3.05. The van der Waals surface area contributed by atoms with Crippen molar-refractivity contribution in [1.82, 2.24) is 10.6 Å². The fraction of sp³-hybridized carbons (Fsp3) is 0.588. The van der Waals surface area contributed by atoms with Gasteiger partial charge in [0.2, 0.25) is 5.91 Å². The molecule has 3 heteroatoms. The summed E-state index contributed by atoms with van der Waals surface area (Å²) in [6.45, 7) is 8.34. The fourth-order valence-corrected chi connectivity index (χ4v) is 3.05. The Balaban J connectivity index is 1.89. The largest absolute Gasteiger partial charge is 0.350 e. The van der Waals surface area contributed by atoms with Crippen molar-refractivity contribution in [2.24, 2.45) is 5.92 Å². The van der Waals surface area contributed by atoms with Gasteiger partial charge in [-0.2, -0.15) is 0 Å². The van der Waals surface area contributed by atoms with Crippen LogP contribution in [0.1, 0.15) is 48.9 Å². The molecule has 0 aromatic heterocycles. The lowest BCUT2D eigenvalue weighted by Gasteiger charge is -2.23. The summed E-state index contributed by atoms with van der Waals surface area (Å²) >= 11 is 0. The third kappa shape index (κ3) is 4.07. The van der Waals surface area contributed by atoms with Crippen LogP contribution in [-0.2, 0) is 4.79 Å². The minimum atomic E-state index is 0.0830. The zero-order chi connectivity index (χ0) is 14.5. The van der Waals surface area contributed by atoms with E-state index in [2.05, 4.69) is 49.6 Å². The van der Waals surface area contributed by atoms with E-state index in [-0.39, 0.29) is 11.9 Å². The zero-order valence-electron chi connectivity index (χ0n) is 12.8. The van der Waals surface area contributed by atoms with E-state index in [1.807, 2.05) is 0 Å². The summed E-state index contributed by atoms with van der Waals surface area (Å²) in [6, 6.07) is 6.48. The Kier molecular flexibility index (Phi) is 5.18. The van der Waals surface area contributed by atoms with E-state index in [0.717, 1.165) is 13.1 Å². The van der Waals surface area contributed by atoms with Crippen molar-refractivity contribution in [1.29, 1.82) is 0 Å². The second kappa shape index (κ2) is 6.89. The van der Waals surface area contributed by atoms with Crippen LogP contribution in [0.5, 0.6) is 0 Å². The third-order valence-electron chi connectivity index (χ3n) is 4.14. The van der Waals surface area contributed by atoms with Gasteiger partial charge >= 0.3 is 0 Å². The Morgan fingerprint density at radius 1 is 1.45 bits per heavy atom. The number of carbonyl (C=O) groups is 1. The Labute approximate surface area is 122 Å². The number of hydrogen-bond donors (Lipinski definition) is 2. The molecule has 3 nitrogen and oxygen atoms in total. The standard InChI is InChI=1S/C17H26N2O/c1-12-6-7-16(13(2)9-12)14(3)19-17(20)10-15-5-4-8-18-11-15/h6-7,9,14-15,18H,4-5,8,10-11H2,1-3H3,(H,19,20). The molecule has 2 unspecified atom stereocenters. The second-order valence-corrected chi connectivity index (χ2v) is 6.07. The first-order chi connectivity index (χ1) is 9.56. The van der Waals surface area contributed by atoms with Crippen LogP contribution in [0.4, 0.5) is 0 Å². The van der Waals surface area contributed by atoms with Crippen LogP contribution >= 0.6 is 0 Å². The molecule has 1 aromatic carbocycles. The van der Waals surface area contributed by atoms with Crippen LogP contribution in [0.15, 0.2) is 18.2 Å². The lowest BCUT2D eigenvalue weighted by atomic mass is 9.95.